The van der Waals surface area contributed by atoms with Crippen LogP contribution in [0.5, 0.6) is 11.5 Å². The molecule has 174 valence electrons. The molecular formula is C24H38N2O5. The van der Waals surface area contributed by atoms with Gasteiger partial charge in [0.15, 0.2) is 11.5 Å². The third kappa shape index (κ3) is 6.82. The molecule has 0 unspecified atom stereocenters. The van der Waals surface area contributed by atoms with Crippen molar-refractivity contribution in [2.75, 3.05) is 54.6 Å². The fourth-order valence-corrected chi connectivity index (χ4v) is 4.69. The number of hydrogen-bond acceptors (Lipinski definition) is 7. The van der Waals surface area contributed by atoms with Crippen molar-refractivity contribution < 1.29 is 23.7 Å². The van der Waals surface area contributed by atoms with Crippen molar-refractivity contribution in [1.82, 2.24) is 9.80 Å². The largest absolute Gasteiger partial charge is 0.493 e. The lowest BCUT2D eigenvalue weighted by atomic mass is 9.91. The first-order chi connectivity index (χ1) is 15.0. The number of likely N-dealkylation sites (tertiary alicyclic amines) is 1. The first kappa shape index (κ1) is 23.8. The second-order valence-electron chi connectivity index (χ2n) is 8.83. The van der Waals surface area contributed by atoms with Gasteiger partial charge in [0, 0.05) is 19.1 Å². The molecule has 7 nitrogen and oxygen atoms in total. The number of esters is 1. The van der Waals surface area contributed by atoms with E-state index >= 15 is 0 Å². The second kappa shape index (κ2) is 11.7. The number of nitrogens with zero attached hydrogens (tertiary/aromatic N) is 2. The molecule has 1 saturated carbocycles. The average molecular weight is 435 g/mol. The molecule has 31 heavy (non-hydrogen) atoms. The molecule has 1 aliphatic carbocycles. The van der Waals surface area contributed by atoms with Crippen LogP contribution in [0.1, 0.15) is 37.7 Å². The number of hydrogen-bond donors (Lipinski definition) is 0. The van der Waals surface area contributed by atoms with Crippen LogP contribution in [0.3, 0.4) is 0 Å². The van der Waals surface area contributed by atoms with E-state index in [2.05, 4.69) is 11.0 Å². The lowest BCUT2D eigenvalue weighted by molar-refractivity contribution is -0.149. The molecule has 2 fully saturated rings. The summed E-state index contributed by atoms with van der Waals surface area (Å²) in [4.78, 5) is 16.3. The summed E-state index contributed by atoms with van der Waals surface area (Å²) in [6, 6.07) is 6.44. The summed E-state index contributed by atoms with van der Waals surface area (Å²) in [6.07, 6.45) is 6.70. The van der Waals surface area contributed by atoms with Gasteiger partial charge >= 0.3 is 5.97 Å². The van der Waals surface area contributed by atoms with Crippen LogP contribution in [-0.2, 0) is 20.7 Å². The molecule has 0 amide bonds. The van der Waals surface area contributed by atoms with E-state index < -0.39 is 0 Å². The molecule has 3 atom stereocenters. The number of carbonyl (C=O) groups excluding carboxylic acids is 1. The van der Waals surface area contributed by atoms with Gasteiger partial charge in [0.05, 0.1) is 33.5 Å². The third-order valence-electron chi connectivity index (χ3n) is 6.23. The van der Waals surface area contributed by atoms with E-state index in [1.807, 2.05) is 31.1 Å². The van der Waals surface area contributed by atoms with E-state index in [1.165, 1.54) is 18.4 Å². The van der Waals surface area contributed by atoms with Crippen LogP contribution in [0.15, 0.2) is 18.2 Å². The normalized spacial score (nSPS) is 24.4. The summed E-state index contributed by atoms with van der Waals surface area (Å²) >= 11 is 0. The van der Waals surface area contributed by atoms with Crippen molar-refractivity contribution >= 4 is 5.97 Å². The minimum Gasteiger partial charge on any atom is -0.493 e. The molecule has 0 spiro atoms. The molecule has 0 bridgehead atoms. The van der Waals surface area contributed by atoms with Gasteiger partial charge in [0.25, 0.3) is 0 Å². The molecular weight excluding hydrogens is 396 g/mol. The van der Waals surface area contributed by atoms with Crippen LogP contribution >= 0.6 is 0 Å². The predicted molar refractivity (Wildman–Crippen MR) is 120 cm³/mol. The van der Waals surface area contributed by atoms with E-state index in [1.54, 1.807) is 14.2 Å². The van der Waals surface area contributed by atoms with E-state index in [0.29, 0.717) is 19.2 Å². The Balaban J connectivity index is 1.49. The number of methoxy groups -OCH3 is 2. The molecule has 0 radical (unpaired) electrons. The molecule has 1 heterocycles. The maximum absolute atomic E-state index is 12.0. The van der Waals surface area contributed by atoms with E-state index in [4.69, 9.17) is 18.9 Å². The van der Waals surface area contributed by atoms with Crippen molar-refractivity contribution in [3.63, 3.8) is 0 Å². The van der Waals surface area contributed by atoms with Crippen molar-refractivity contribution in [3.8, 4) is 11.5 Å². The summed E-state index contributed by atoms with van der Waals surface area (Å²) in [5, 5.41) is 0. The highest BCUT2D eigenvalue weighted by Gasteiger charge is 2.36. The minimum absolute atomic E-state index is 0.00166. The zero-order valence-electron chi connectivity index (χ0n) is 19.5. The third-order valence-corrected chi connectivity index (χ3v) is 6.23. The van der Waals surface area contributed by atoms with Crippen LogP contribution < -0.4 is 9.47 Å². The summed E-state index contributed by atoms with van der Waals surface area (Å²) in [5.41, 5.74) is 1.18. The zero-order valence-corrected chi connectivity index (χ0v) is 19.5. The predicted octanol–water partition coefficient (Wildman–Crippen LogP) is 2.75. The van der Waals surface area contributed by atoms with E-state index in [0.717, 1.165) is 50.3 Å². The fraction of sp³-hybridized carbons (Fsp3) is 0.708. The molecule has 1 saturated heterocycles. The Bertz CT molecular complexity index is 711. The minimum atomic E-state index is -0.136. The van der Waals surface area contributed by atoms with Crippen LogP contribution in [0.25, 0.3) is 0 Å². The van der Waals surface area contributed by atoms with Crippen LogP contribution in [0.4, 0.5) is 0 Å². The van der Waals surface area contributed by atoms with Crippen LogP contribution in [-0.4, -0.2) is 88.6 Å². The van der Waals surface area contributed by atoms with Gasteiger partial charge in [-0.15, -0.1) is 0 Å². The van der Waals surface area contributed by atoms with Gasteiger partial charge in [-0.05, 0) is 57.5 Å². The van der Waals surface area contributed by atoms with Crippen LogP contribution in [0.2, 0.25) is 0 Å². The summed E-state index contributed by atoms with van der Waals surface area (Å²) in [6.45, 7) is 2.81. The van der Waals surface area contributed by atoms with Gasteiger partial charge in [0.2, 0.25) is 0 Å². The molecule has 1 aliphatic heterocycles. The van der Waals surface area contributed by atoms with Gasteiger partial charge in [-0.2, -0.15) is 0 Å². The van der Waals surface area contributed by atoms with Gasteiger partial charge in [-0.3, -0.25) is 14.6 Å². The van der Waals surface area contributed by atoms with E-state index in [-0.39, 0.29) is 18.2 Å². The maximum atomic E-state index is 12.0. The van der Waals surface area contributed by atoms with Gasteiger partial charge in [-0.1, -0.05) is 18.9 Å². The number of likely N-dealkylation sites (N-methyl/N-ethyl adjacent to an activating group) is 1. The summed E-state index contributed by atoms with van der Waals surface area (Å²) < 4.78 is 22.8. The SMILES string of the molecule is COc1ccc(CCO[C@@H]2CCCC[C@H]2N2CC[C@H](OC(=O)CN(C)C)C2)cc1OC. The highest BCUT2D eigenvalue weighted by molar-refractivity contribution is 5.71. The van der Waals surface area contributed by atoms with Crippen LogP contribution in [0, 0.1) is 0 Å². The highest BCUT2D eigenvalue weighted by Crippen LogP contribution is 2.30. The fourth-order valence-electron chi connectivity index (χ4n) is 4.69. The Morgan fingerprint density at radius 3 is 2.61 bits per heavy atom. The first-order valence-electron chi connectivity index (χ1n) is 11.4. The van der Waals surface area contributed by atoms with Crippen molar-refractivity contribution in [2.24, 2.45) is 0 Å². The smallest absolute Gasteiger partial charge is 0.320 e. The average Bonchev–Trinajstić information content (AvgIpc) is 3.21. The molecule has 3 rings (SSSR count). The lowest BCUT2D eigenvalue weighted by Crippen LogP contribution is -2.46. The monoisotopic (exact) mass is 434 g/mol. The summed E-state index contributed by atoms with van der Waals surface area (Å²) in [5.74, 6) is 1.36. The first-order valence-corrected chi connectivity index (χ1v) is 11.4. The van der Waals surface area contributed by atoms with Crippen molar-refractivity contribution in [2.45, 2.75) is 56.8 Å². The highest BCUT2D eigenvalue weighted by atomic mass is 16.5. The Labute approximate surface area is 186 Å². The molecule has 0 aromatic heterocycles. The van der Waals surface area contributed by atoms with Gasteiger partial charge in [0.1, 0.15) is 6.10 Å². The van der Waals surface area contributed by atoms with Crippen molar-refractivity contribution in [1.29, 1.82) is 0 Å². The topological polar surface area (TPSA) is 60.5 Å². The Kier molecular flexibility index (Phi) is 8.99. The standard InChI is InChI=1S/C24H38N2O5/c1-25(2)17-24(27)31-19-11-13-26(16-19)20-7-5-6-8-21(20)30-14-12-18-9-10-22(28-3)23(15-18)29-4/h9-10,15,19-21H,5-8,11-14,16-17H2,1-4H3/t19-,20+,21+/m0/s1. The number of benzene rings is 1. The zero-order chi connectivity index (χ0) is 22.2. The Morgan fingerprint density at radius 1 is 1.10 bits per heavy atom. The molecule has 1 aromatic carbocycles. The molecule has 1 aromatic rings. The Hall–Kier alpha value is -1.83. The molecule has 7 heteroatoms. The van der Waals surface area contributed by atoms with Gasteiger partial charge < -0.3 is 18.9 Å². The Morgan fingerprint density at radius 2 is 1.87 bits per heavy atom. The molecule has 2 aliphatic rings. The summed E-state index contributed by atoms with van der Waals surface area (Å²) in [7, 11) is 7.07. The number of ether oxygens (including phenoxy) is 4. The van der Waals surface area contributed by atoms with Gasteiger partial charge in [-0.25, -0.2) is 0 Å². The quantitative estimate of drug-likeness (QED) is 0.525. The maximum Gasteiger partial charge on any atom is 0.320 e. The van der Waals surface area contributed by atoms with Crippen molar-refractivity contribution in [3.05, 3.63) is 23.8 Å². The second-order valence-corrected chi connectivity index (χ2v) is 8.83. The number of carbonyl (C=O) groups is 1. The number of rotatable bonds is 10. The molecule has 0 N–H and O–H groups in total. The van der Waals surface area contributed by atoms with E-state index in [9.17, 15) is 4.79 Å². The lowest BCUT2D eigenvalue weighted by Gasteiger charge is -2.37.